The lowest BCUT2D eigenvalue weighted by Crippen LogP contribution is -2.38. The van der Waals surface area contributed by atoms with E-state index in [0.717, 1.165) is 5.56 Å². The minimum atomic E-state index is -4.74. The van der Waals surface area contributed by atoms with Crippen molar-refractivity contribution < 1.29 is 18.3 Å². The van der Waals surface area contributed by atoms with Gasteiger partial charge < -0.3 is 10.8 Å². The highest BCUT2D eigenvalue weighted by Crippen LogP contribution is 2.30. The maximum absolute atomic E-state index is 12.2. The summed E-state index contributed by atoms with van der Waals surface area (Å²) in [4.78, 5) is 0. The van der Waals surface area contributed by atoms with Crippen molar-refractivity contribution in [2.24, 2.45) is 5.73 Å². The van der Waals surface area contributed by atoms with Crippen molar-refractivity contribution in [2.75, 3.05) is 0 Å². The Balaban J connectivity index is 0.00000256. The smallest absolute Gasteiger partial charge is 0.382 e. The summed E-state index contributed by atoms with van der Waals surface area (Å²) in [6.07, 6.45) is -7.33. The second-order valence-corrected chi connectivity index (χ2v) is 3.93. The molecule has 0 radical (unpaired) electrons. The van der Waals surface area contributed by atoms with E-state index in [0.29, 0.717) is 5.02 Å². The van der Waals surface area contributed by atoms with E-state index in [1.807, 2.05) is 0 Å². The summed E-state index contributed by atoms with van der Waals surface area (Å²) in [7, 11) is 0. The van der Waals surface area contributed by atoms with Gasteiger partial charge in [-0.3, -0.25) is 0 Å². The summed E-state index contributed by atoms with van der Waals surface area (Å²) in [5.41, 5.74) is 6.20. The van der Waals surface area contributed by atoms with Crippen molar-refractivity contribution in [3.8, 4) is 0 Å². The molecule has 1 rings (SSSR count). The fourth-order valence-electron chi connectivity index (χ4n) is 1.20. The van der Waals surface area contributed by atoms with Crippen LogP contribution in [0.4, 0.5) is 13.2 Å². The molecule has 0 saturated heterocycles. The molecule has 1 aromatic carbocycles. The van der Waals surface area contributed by atoms with Gasteiger partial charge in [-0.1, -0.05) is 23.7 Å². The first-order valence-corrected chi connectivity index (χ1v) is 4.87. The van der Waals surface area contributed by atoms with Crippen LogP contribution in [0.3, 0.4) is 0 Å². The molecule has 2 atom stereocenters. The Bertz CT molecular complexity index is 384. The summed E-state index contributed by atoms with van der Waals surface area (Å²) in [6.45, 7) is 1.72. The number of hydrogen-bond acceptors (Lipinski definition) is 2. The molecule has 0 bridgehead atoms. The summed E-state index contributed by atoms with van der Waals surface area (Å²) in [5.74, 6) is 0. The van der Waals surface area contributed by atoms with E-state index in [2.05, 4.69) is 0 Å². The Morgan fingerprint density at radius 2 is 1.88 bits per heavy atom. The Hall–Kier alpha value is -0.490. The minimum Gasteiger partial charge on any atom is -0.382 e. The summed E-state index contributed by atoms with van der Waals surface area (Å²) < 4.78 is 36.6. The lowest BCUT2D eigenvalue weighted by atomic mass is 10.0. The van der Waals surface area contributed by atoms with Crippen LogP contribution in [0.2, 0.25) is 5.02 Å². The number of halogens is 5. The number of aryl methyl sites for hydroxylation is 1. The summed E-state index contributed by atoms with van der Waals surface area (Å²) >= 11 is 5.76. The third kappa shape index (κ3) is 4.03. The SMILES string of the molecule is Cc1ccc([C@@H](N)[C@@H](O)C(F)(F)F)cc1Cl.Cl. The number of aliphatic hydroxyl groups excluding tert-OH is 1. The fraction of sp³-hybridized carbons (Fsp3) is 0.400. The van der Waals surface area contributed by atoms with Gasteiger partial charge in [-0.2, -0.15) is 13.2 Å². The van der Waals surface area contributed by atoms with Crippen LogP contribution in [0, 0.1) is 6.92 Å². The predicted molar refractivity (Wildman–Crippen MR) is 62.4 cm³/mol. The Kier molecular flexibility index (Phi) is 5.74. The van der Waals surface area contributed by atoms with E-state index in [1.165, 1.54) is 12.1 Å². The van der Waals surface area contributed by atoms with Crippen molar-refractivity contribution in [3.05, 3.63) is 34.3 Å². The lowest BCUT2D eigenvalue weighted by molar-refractivity contribution is -0.210. The molecular formula is C10H12Cl2F3NO. The van der Waals surface area contributed by atoms with Crippen molar-refractivity contribution in [3.63, 3.8) is 0 Å². The van der Waals surface area contributed by atoms with Gasteiger partial charge in [-0.15, -0.1) is 12.4 Å². The van der Waals surface area contributed by atoms with E-state index in [9.17, 15) is 13.2 Å². The average Bonchev–Trinajstić information content (AvgIpc) is 2.18. The molecule has 7 heteroatoms. The zero-order valence-electron chi connectivity index (χ0n) is 8.83. The van der Waals surface area contributed by atoms with Crippen LogP contribution in [0.25, 0.3) is 0 Å². The summed E-state index contributed by atoms with van der Waals surface area (Å²) in [6, 6.07) is 2.77. The molecule has 0 saturated carbocycles. The second kappa shape index (κ2) is 5.91. The van der Waals surface area contributed by atoms with Crippen LogP contribution >= 0.6 is 24.0 Å². The molecule has 3 N–H and O–H groups in total. The maximum atomic E-state index is 12.2. The first-order chi connectivity index (χ1) is 7.23. The van der Waals surface area contributed by atoms with Crippen molar-refractivity contribution in [1.82, 2.24) is 0 Å². The van der Waals surface area contributed by atoms with Gasteiger partial charge >= 0.3 is 6.18 Å². The highest BCUT2D eigenvalue weighted by molar-refractivity contribution is 6.31. The Morgan fingerprint density at radius 1 is 1.35 bits per heavy atom. The van der Waals surface area contributed by atoms with E-state index in [1.54, 1.807) is 13.0 Å². The average molecular weight is 290 g/mol. The van der Waals surface area contributed by atoms with E-state index >= 15 is 0 Å². The number of hydrogen-bond donors (Lipinski definition) is 2. The van der Waals surface area contributed by atoms with E-state index in [-0.39, 0.29) is 18.0 Å². The Labute approximate surface area is 108 Å². The van der Waals surface area contributed by atoms with Crippen molar-refractivity contribution in [1.29, 1.82) is 0 Å². The van der Waals surface area contributed by atoms with Gasteiger partial charge in [0.15, 0.2) is 6.10 Å². The first kappa shape index (κ1) is 16.5. The van der Waals surface area contributed by atoms with Gasteiger partial charge in [0, 0.05) is 5.02 Å². The zero-order valence-corrected chi connectivity index (χ0v) is 10.4. The van der Waals surface area contributed by atoms with Crippen LogP contribution in [0.15, 0.2) is 18.2 Å². The van der Waals surface area contributed by atoms with Gasteiger partial charge in [0.25, 0.3) is 0 Å². The molecule has 0 heterocycles. The van der Waals surface area contributed by atoms with Gasteiger partial charge in [0.1, 0.15) is 0 Å². The van der Waals surface area contributed by atoms with Crippen molar-refractivity contribution in [2.45, 2.75) is 25.2 Å². The quantitative estimate of drug-likeness (QED) is 0.879. The topological polar surface area (TPSA) is 46.2 Å². The van der Waals surface area contributed by atoms with Gasteiger partial charge in [0.2, 0.25) is 0 Å². The monoisotopic (exact) mass is 289 g/mol. The molecule has 1 aromatic rings. The van der Waals surface area contributed by atoms with Crippen LogP contribution in [0.5, 0.6) is 0 Å². The molecule has 0 aliphatic carbocycles. The maximum Gasteiger partial charge on any atom is 0.416 e. The molecule has 0 unspecified atom stereocenters. The third-order valence-corrected chi connectivity index (χ3v) is 2.66. The molecule has 0 spiro atoms. The number of nitrogens with two attached hydrogens (primary N) is 1. The van der Waals surface area contributed by atoms with Gasteiger partial charge in [-0.25, -0.2) is 0 Å². The Morgan fingerprint density at radius 3 is 2.29 bits per heavy atom. The molecule has 0 fully saturated rings. The number of rotatable bonds is 2. The van der Waals surface area contributed by atoms with Gasteiger partial charge in [0.05, 0.1) is 6.04 Å². The first-order valence-electron chi connectivity index (χ1n) is 4.50. The highest BCUT2D eigenvalue weighted by atomic mass is 35.5. The molecular weight excluding hydrogens is 278 g/mol. The number of aliphatic hydroxyl groups is 1. The van der Waals surface area contributed by atoms with E-state index in [4.69, 9.17) is 22.4 Å². The third-order valence-electron chi connectivity index (χ3n) is 2.26. The fourth-order valence-corrected chi connectivity index (χ4v) is 1.39. The summed E-state index contributed by atoms with van der Waals surface area (Å²) in [5, 5.41) is 9.30. The van der Waals surface area contributed by atoms with Gasteiger partial charge in [-0.05, 0) is 24.1 Å². The van der Waals surface area contributed by atoms with E-state index < -0.39 is 18.3 Å². The van der Waals surface area contributed by atoms with Crippen LogP contribution in [0.1, 0.15) is 17.2 Å². The predicted octanol–water partition coefficient (Wildman–Crippen LogP) is 2.99. The minimum absolute atomic E-state index is 0. The van der Waals surface area contributed by atoms with Crippen LogP contribution in [-0.4, -0.2) is 17.4 Å². The molecule has 0 aromatic heterocycles. The molecule has 2 nitrogen and oxygen atoms in total. The normalized spacial score (nSPS) is 15.0. The van der Waals surface area contributed by atoms with Crippen LogP contribution < -0.4 is 5.73 Å². The largest absolute Gasteiger partial charge is 0.416 e. The van der Waals surface area contributed by atoms with Crippen LogP contribution in [-0.2, 0) is 0 Å². The lowest BCUT2D eigenvalue weighted by Gasteiger charge is -2.21. The van der Waals surface area contributed by atoms with Crippen molar-refractivity contribution >= 4 is 24.0 Å². The zero-order chi connectivity index (χ0) is 12.5. The second-order valence-electron chi connectivity index (χ2n) is 3.52. The molecule has 17 heavy (non-hydrogen) atoms. The molecule has 0 aliphatic heterocycles. The standard InChI is InChI=1S/C10H11ClF3NO.ClH/c1-5-2-3-6(4-7(5)11)8(15)9(16)10(12,13)14;/h2-4,8-9,16H,15H2,1H3;1H/t8-,9-;/m1./s1. The number of benzene rings is 1. The highest BCUT2D eigenvalue weighted by Gasteiger charge is 2.42. The number of alkyl halides is 3. The molecule has 0 amide bonds. The molecule has 98 valence electrons. The molecule has 0 aliphatic rings.